The van der Waals surface area contributed by atoms with Gasteiger partial charge < -0.3 is 15.0 Å². The van der Waals surface area contributed by atoms with Gasteiger partial charge in [0.25, 0.3) is 5.91 Å². The van der Waals surface area contributed by atoms with Crippen molar-refractivity contribution in [3.05, 3.63) is 90.1 Å². The highest BCUT2D eigenvalue weighted by Gasteiger charge is 2.20. The van der Waals surface area contributed by atoms with Crippen LogP contribution in [0.25, 0.3) is 10.8 Å². The second-order valence-corrected chi connectivity index (χ2v) is 7.93. The van der Waals surface area contributed by atoms with Gasteiger partial charge in [0.15, 0.2) is 0 Å². The van der Waals surface area contributed by atoms with Crippen LogP contribution < -0.4 is 10.1 Å². The van der Waals surface area contributed by atoms with Gasteiger partial charge in [-0.25, -0.2) is 0 Å². The van der Waals surface area contributed by atoms with Crippen molar-refractivity contribution in [2.45, 2.75) is 19.4 Å². The topological polar surface area (TPSA) is 84.4 Å². The van der Waals surface area contributed by atoms with Crippen LogP contribution in [0.4, 0.5) is 5.69 Å². The number of hydrogen-bond donors (Lipinski definition) is 1. The summed E-state index contributed by atoms with van der Waals surface area (Å²) in [4.78, 5) is 26.3. The van der Waals surface area contributed by atoms with Gasteiger partial charge in [0, 0.05) is 41.5 Å². The Balaban J connectivity index is 1.22. The van der Waals surface area contributed by atoms with E-state index in [1.807, 2.05) is 41.3 Å². The van der Waals surface area contributed by atoms with Gasteiger partial charge in [-0.15, -0.1) is 5.10 Å². The van der Waals surface area contributed by atoms with Gasteiger partial charge in [-0.3, -0.25) is 9.59 Å². The maximum absolute atomic E-state index is 12.6. The minimum atomic E-state index is -0.201. The molecule has 3 aromatic carbocycles. The van der Waals surface area contributed by atoms with Crippen LogP contribution in [0.2, 0.25) is 0 Å². The molecule has 2 heterocycles. The molecule has 7 nitrogen and oxygen atoms in total. The van der Waals surface area contributed by atoms with E-state index in [-0.39, 0.29) is 11.8 Å². The van der Waals surface area contributed by atoms with E-state index in [1.54, 1.807) is 42.6 Å². The Morgan fingerprint density at radius 1 is 1.00 bits per heavy atom. The molecule has 0 spiro atoms. The molecule has 164 valence electrons. The van der Waals surface area contributed by atoms with Crippen molar-refractivity contribution >= 4 is 28.3 Å². The molecule has 0 bridgehead atoms. The number of carbonyl (C=O) groups is 2. The molecule has 0 atom stereocenters. The second-order valence-electron chi connectivity index (χ2n) is 7.93. The molecule has 0 radical (unpaired) electrons. The number of fused-ring (bicyclic) bond motifs is 1. The van der Waals surface area contributed by atoms with Gasteiger partial charge in [-0.1, -0.05) is 30.3 Å². The average Bonchev–Trinajstić information content (AvgIpc) is 3.25. The van der Waals surface area contributed by atoms with Crippen LogP contribution in [0, 0.1) is 0 Å². The Labute approximate surface area is 191 Å². The lowest BCUT2D eigenvalue weighted by Gasteiger charge is -2.15. The summed E-state index contributed by atoms with van der Waals surface area (Å²) in [6.45, 7) is 1.39. The number of hydrogen-bond acceptors (Lipinski definition) is 5. The van der Waals surface area contributed by atoms with Crippen molar-refractivity contribution in [3.63, 3.8) is 0 Å². The largest absolute Gasteiger partial charge is 0.437 e. The van der Waals surface area contributed by atoms with Crippen molar-refractivity contribution in [1.82, 2.24) is 15.1 Å². The van der Waals surface area contributed by atoms with Crippen molar-refractivity contribution in [2.75, 3.05) is 11.9 Å². The monoisotopic (exact) mass is 438 g/mol. The lowest BCUT2D eigenvalue weighted by molar-refractivity contribution is -0.128. The number of aromatic nitrogens is 2. The molecular weight excluding hydrogens is 416 g/mol. The van der Waals surface area contributed by atoms with Crippen LogP contribution >= 0.6 is 0 Å². The number of rotatable bonds is 6. The fraction of sp³-hybridized carbons (Fsp3) is 0.154. The third-order valence-electron chi connectivity index (χ3n) is 5.62. The zero-order chi connectivity index (χ0) is 22.6. The van der Waals surface area contributed by atoms with Crippen LogP contribution in [0.15, 0.2) is 79.0 Å². The van der Waals surface area contributed by atoms with E-state index in [0.717, 1.165) is 29.3 Å². The molecule has 1 aliphatic heterocycles. The predicted octanol–water partition coefficient (Wildman–Crippen LogP) is 4.80. The molecule has 0 aliphatic carbocycles. The van der Waals surface area contributed by atoms with E-state index in [1.165, 1.54) is 0 Å². The zero-order valence-electron chi connectivity index (χ0n) is 17.9. The number of carbonyl (C=O) groups excluding carboxylic acids is 2. The Bertz CT molecular complexity index is 1300. The van der Waals surface area contributed by atoms with Crippen molar-refractivity contribution < 1.29 is 14.3 Å². The molecule has 0 saturated carbocycles. The second kappa shape index (κ2) is 9.08. The average molecular weight is 438 g/mol. The van der Waals surface area contributed by atoms with Crippen LogP contribution in [0.5, 0.6) is 11.6 Å². The maximum Gasteiger partial charge on any atom is 0.255 e. The third-order valence-corrected chi connectivity index (χ3v) is 5.62. The van der Waals surface area contributed by atoms with E-state index in [9.17, 15) is 9.59 Å². The standard InChI is InChI=1S/C26H22N4O3/c31-24-6-3-15-30(24)17-18-7-9-19(10-8-18)25(32)28-21-11-13-22(14-12-21)33-26-23-5-2-1-4-20(23)16-27-29-26/h1-2,4-5,7-14,16H,3,6,15,17H2,(H,28,32). The van der Waals surface area contributed by atoms with Crippen LogP contribution in [0.1, 0.15) is 28.8 Å². The SMILES string of the molecule is O=C(Nc1ccc(Oc2nncc3ccccc23)cc1)c1ccc(CN2CCCC2=O)cc1. The van der Waals surface area contributed by atoms with E-state index in [2.05, 4.69) is 15.5 Å². The van der Waals surface area contributed by atoms with E-state index >= 15 is 0 Å². The van der Waals surface area contributed by atoms with Gasteiger partial charge >= 0.3 is 0 Å². The van der Waals surface area contributed by atoms with Crippen molar-refractivity contribution in [3.8, 4) is 11.6 Å². The third kappa shape index (κ3) is 4.67. The number of likely N-dealkylation sites (tertiary alicyclic amines) is 1. The zero-order valence-corrected chi connectivity index (χ0v) is 17.9. The molecule has 0 unspecified atom stereocenters. The van der Waals surface area contributed by atoms with Crippen LogP contribution in [-0.4, -0.2) is 33.5 Å². The summed E-state index contributed by atoms with van der Waals surface area (Å²) in [6.07, 6.45) is 3.23. The predicted molar refractivity (Wildman–Crippen MR) is 125 cm³/mol. The smallest absolute Gasteiger partial charge is 0.255 e. The van der Waals surface area contributed by atoms with Gasteiger partial charge in [0.2, 0.25) is 11.8 Å². The number of nitrogens with one attached hydrogen (secondary N) is 1. The van der Waals surface area contributed by atoms with Gasteiger partial charge in [0.05, 0.1) is 6.20 Å². The summed E-state index contributed by atoms with van der Waals surface area (Å²) >= 11 is 0. The number of amides is 2. The fourth-order valence-corrected chi connectivity index (χ4v) is 3.85. The molecule has 1 saturated heterocycles. The highest BCUT2D eigenvalue weighted by Crippen LogP contribution is 2.27. The number of benzene rings is 3. The number of nitrogens with zero attached hydrogens (tertiary/aromatic N) is 3. The number of ether oxygens (including phenoxy) is 1. The normalized spacial score (nSPS) is 13.3. The molecule has 1 fully saturated rings. The van der Waals surface area contributed by atoms with Crippen molar-refractivity contribution in [1.29, 1.82) is 0 Å². The van der Waals surface area contributed by atoms with Crippen LogP contribution in [-0.2, 0) is 11.3 Å². The maximum atomic E-state index is 12.6. The minimum absolute atomic E-state index is 0.191. The molecule has 1 aromatic heterocycles. The lowest BCUT2D eigenvalue weighted by Crippen LogP contribution is -2.23. The Morgan fingerprint density at radius 3 is 2.55 bits per heavy atom. The highest BCUT2D eigenvalue weighted by molar-refractivity contribution is 6.04. The molecule has 5 rings (SSSR count). The summed E-state index contributed by atoms with van der Waals surface area (Å²) in [5.41, 5.74) is 2.22. The molecule has 33 heavy (non-hydrogen) atoms. The molecule has 1 aliphatic rings. The first-order chi connectivity index (χ1) is 16.2. The highest BCUT2D eigenvalue weighted by atomic mass is 16.5. The molecule has 2 amide bonds. The Morgan fingerprint density at radius 2 is 1.79 bits per heavy atom. The van der Waals surface area contributed by atoms with Gasteiger partial charge in [-0.05, 0) is 54.4 Å². The summed E-state index contributed by atoms with van der Waals surface area (Å²) < 4.78 is 5.90. The van der Waals surface area contributed by atoms with Gasteiger partial charge in [0.1, 0.15) is 5.75 Å². The molecule has 1 N–H and O–H groups in total. The Hall–Kier alpha value is -4.26. The van der Waals surface area contributed by atoms with Crippen LogP contribution in [0.3, 0.4) is 0 Å². The summed E-state index contributed by atoms with van der Waals surface area (Å²) in [5, 5.41) is 12.8. The van der Waals surface area contributed by atoms with Gasteiger partial charge in [-0.2, -0.15) is 5.10 Å². The lowest BCUT2D eigenvalue weighted by atomic mass is 10.1. The van der Waals surface area contributed by atoms with E-state index in [4.69, 9.17) is 4.74 Å². The fourth-order valence-electron chi connectivity index (χ4n) is 3.85. The first-order valence-electron chi connectivity index (χ1n) is 10.8. The number of anilines is 1. The quantitative estimate of drug-likeness (QED) is 0.468. The first kappa shape index (κ1) is 20.6. The molecule has 4 aromatic rings. The summed E-state index contributed by atoms with van der Waals surface area (Å²) in [7, 11) is 0. The van der Waals surface area contributed by atoms with E-state index < -0.39 is 0 Å². The summed E-state index contributed by atoms with van der Waals surface area (Å²) in [6, 6.07) is 22.2. The molecular formula is C26H22N4O3. The first-order valence-corrected chi connectivity index (χ1v) is 10.8. The Kier molecular flexibility index (Phi) is 5.68. The van der Waals surface area contributed by atoms with Crippen molar-refractivity contribution in [2.24, 2.45) is 0 Å². The van der Waals surface area contributed by atoms with E-state index in [0.29, 0.717) is 35.8 Å². The minimum Gasteiger partial charge on any atom is -0.437 e. The summed E-state index contributed by atoms with van der Waals surface area (Å²) in [5.74, 6) is 1.02. The molecule has 7 heteroatoms.